The van der Waals surface area contributed by atoms with Gasteiger partial charge in [0.05, 0.1) is 5.69 Å². The minimum atomic E-state index is -0.150. The molecule has 1 heterocycles. The van der Waals surface area contributed by atoms with E-state index in [0.29, 0.717) is 17.3 Å². The topological polar surface area (TPSA) is 47.2 Å². The third-order valence-electron chi connectivity index (χ3n) is 3.11. The van der Waals surface area contributed by atoms with Crippen molar-refractivity contribution in [1.29, 1.82) is 0 Å². The van der Waals surface area contributed by atoms with Crippen molar-refractivity contribution < 1.29 is 5.11 Å². The molecule has 5 heteroatoms. The van der Waals surface area contributed by atoms with Gasteiger partial charge in [0.1, 0.15) is 5.75 Å². The second-order valence-electron chi connectivity index (χ2n) is 4.56. The van der Waals surface area contributed by atoms with Gasteiger partial charge >= 0.3 is 5.69 Å². The lowest BCUT2D eigenvalue weighted by Gasteiger charge is -2.05. The molecule has 0 amide bonds. The van der Waals surface area contributed by atoms with Crippen LogP contribution in [0.5, 0.6) is 5.75 Å². The molecule has 0 saturated heterocycles. The van der Waals surface area contributed by atoms with Gasteiger partial charge in [0, 0.05) is 23.5 Å². The minimum absolute atomic E-state index is 0.0409. The van der Waals surface area contributed by atoms with Crippen LogP contribution < -0.4 is 5.69 Å². The zero-order valence-electron chi connectivity index (χ0n) is 11.1. The van der Waals surface area contributed by atoms with E-state index < -0.39 is 0 Å². The van der Waals surface area contributed by atoms with Crippen LogP contribution >= 0.6 is 11.6 Å². The number of imidazole rings is 1. The first kappa shape index (κ1) is 13.7. The summed E-state index contributed by atoms with van der Waals surface area (Å²) in [6, 6.07) is 4.66. The van der Waals surface area contributed by atoms with Gasteiger partial charge in [0.25, 0.3) is 0 Å². The predicted octanol–water partition coefficient (Wildman–Crippen LogP) is 3.11. The van der Waals surface area contributed by atoms with Crippen LogP contribution in [0, 0.1) is 6.92 Å². The standard InChI is InChI=1S/C14H17ClN2O2/c1-3-4-7-16-10(2)9-17(14(16)19)12-8-11(15)5-6-13(12)18/h5-6,8-9,18H,3-4,7H2,1-2H3. The summed E-state index contributed by atoms with van der Waals surface area (Å²) in [6.07, 6.45) is 3.70. The molecule has 0 aliphatic carbocycles. The number of halogens is 1. The molecule has 0 radical (unpaired) electrons. The van der Waals surface area contributed by atoms with Gasteiger partial charge in [0.15, 0.2) is 0 Å². The van der Waals surface area contributed by atoms with Crippen molar-refractivity contribution in [3.63, 3.8) is 0 Å². The molecule has 0 unspecified atom stereocenters. The van der Waals surface area contributed by atoms with E-state index in [4.69, 9.17) is 11.6 Å². The normalized spacial score (nSPS) is 10.9. The molecule has 1 aromatic carbocycles. The van der Waals surface area contributed by atoms with Crippen LogP contribution in [0.3, 0.4) is 0 Å². The molecule has 0 aliphatic rings. The molecule has 0 aliphatic heterocycles. The van der Waals surface area contributed by atoms with Crippen molar-refractivity contribution in [1.82, 2.24) is 9.13 Å². The molecule has 19 heavy (non-hydrogen) atoms. The SMILES string of the molecule is CCCCn1c(C)cn(-c2cc(Cl)ccc2O)c1=O. The first-order valence-electron chi connectivity index (χ1n) is 6.32. The number of benzene rings is 1. The monoisotopic (exact) mass is 280 g/mol. The summed E-state index contributed by atoms with van der Waals surface area (Å²) < 4.78 is 3.15. The van der Waals surface area contributed by atoms with Crippen LogP contribution in [-0.2, 0) is 6.54 Å². The first-order valence-corrected chi connectivity index (χ1v) is 6.70. The molecule has 0 spiro atoms. The maximum absolute atomic E-state index is 12.3. The van der Waals surface area contributed by atoms with Crippen LogP contribution in [0.2, 0.25) is 5.02 Å². The van der Waals surface area contributed by atoms with Gasteiger partial charge in [-0.2, -0.15) is 0 Å². The highest BCUT2D eigenvalue weighted by atomic mass is 35.5. The highest BCUT2D eigenvalue weighted by Crippen LogP contribution is 2.24. The largest absolute Gasteiger partial charge is 0.506 e. The smallest absolute Gasteiger partial charge is 0.333 e. The van der Waals surface area contributed by atoms with Crippen molar-refractivity contribution in [2.75, 3.05) is 0 Å². The Kier molecular flexibility index (Phi) is 4.00. The van der Waals surface area contributed by atoms with Crippen LogP contribution in [-0.4, -0.2) is 14.2 Å². The molecule has 4 nitrogen and oxygen atoms in total. The Hall–Kier alpha value is -1.68. The lowest BCUT2D eigenvalue weighted by atomic mass is 10.3. The highest BCUT2D eigenvalue weighted by molar-refractivity contribution is 6.30. The van der Waals surface area contributed by atoms with Crippen molar-refractivity contribution in [2.24, 2.45) is 0 Å². The minimum Gasteiger partial charge on any atom is -0.506 e. The van der Waals surface area contributed by atoms with Gasteiger partial charge < -0.3 is 5.11 Å². The summed E-state index contributed by atoms with van der Waals surface area (Å²) in [7, 11) is 0. The number of aromatic hydroxyl groups is 1. The lowest BCUT2D eigenvalue weighted by Crippen LogP contribution is -2.23. The van der Waals surface area contributed by atoms with Crippen molar-refractivity contribution in [3.05, 3.63) is 45.6 Å². The van der Waals surface area contributed by atoms with Gasteiger partial charge in [-0.25, -0.2) is 4.79 Å². The Labute approximate surface area is 116 Å². The Balaban J connectivity index is 2.52. The molecule has 102 valence electrons. The number of hydrogen-bond acceptors (Lipinski definition) is 2. The quantitative estimate of drug-likeness (QED) is 0.935. The number of nitrogens with zero attached hydrogens (tertiary/aromatic N) is 2. The van der Waals surface area contributed by atoms with Gasteiger partial charge in [-0.15, -0.1) is 0 Å². The Morgan fingerprint density at radius 1 is 1.37 bits per heavy atom. The summed E-state index contributed by atoms with van der Waals surface area (Å²) >= 11 is 5.92. The van der Waals surface area contributed by atoms with Crippen LogP contribution in [0.4, 0.5) is 0 Å². The number of aromatic nitrogens is 2. The highest BCUT2D eigenvalue weighted by Gasteiger charge is 2.12. The third kappa shape index (κ3) is 2.68. The molecule has 2 aromatic rings. The van der Waals surface area contributed by atoms with Crippen molar-refractivity contribution in [3.8, 4) is 11.4 Å². The van der Waals surface area contributed by atoms with E-state index in [2.05, 4.69) is 6.92 Å². The first-order chi connectivity index (χ1) is 9.04. The molecule has 0 saturated carbocycles. The van der Waals surface area contributed by atoms with Crippen LogP contribution in [0.25, 0.3) is 5.69 Å². The number of aryl methyl sites for hydroxylation is 1. The van der Waals surface area contributed by atoms with E-state index in [-0.39, 0.29) is 11.4 Å². The second-order valence-corrected chi connectivity index (χ2v) is 5.00. The lowest BCUT2D eigenvalue weighted by molar-refractivity contribution is 0.471. The summed E-state index contributed by atoms with van der Waals surface area (Å²) in [5, 5.41) is 10.3. The fraction of sp³-hybridized carbons (Fsp3) is 0.357. The van der Waals surface area contributed by atoms with Crippen LogP contribution in [0.15, 0.2) is 29.2 Å². The summed E-state index contributed by atoms with van der Waals surface area (Å²) in [6.45, 7) is 4.66. The zero-order valence-corrected chi connectivity index (χ0v) is 11.8. The van der Waals surface area contributed by atoms with E-state index in [1.807, 2.05) is 6.92 Å². The molecule has 0 bridgehead atoms. The van der Waals surface area contributed by atoms with Crippen LogP contribution in [0.1, 0.15) is 25.5 Å². The fourth-order valence-electron chi connectivity index (χ4n) is 2.04. The van der Waals surface area contributed by atoms with E-state index in [1.54, 1.807) is 22.9 Å². The Morgan fingerprint density at radius 3 is 2.79 bits per heavy atom. The van der Waals surface area contributed by atoms with E-state index in [1.165, 1.54) is 10.6 Å². The second kappa shape index (κ2) is 5.53. The van der Waals surface area contributed by atoms with E-state index in [9.17, 15) is 9.90 Å². The number of phenols is 1. The predicted molar refractivity (Wildman–Crippen MR) is 76.3 cm³/mol. The molecular weight excluding hydrogens is 264 g/mol. The molecule has 0 fully saturated rings. The van der Waals surface area contributed by atoms with E-state index in [0.717, 1.165) is 18.5 Å². The van der Waals surface area contributed by atoms with Gasteiger partial charge in [-0.05, 0) is 31.5 Å². The molecule has 0 atom stereocenters. The average Bonchev–Trinajstić information content (AvgIpc) is 2.66. The van der Waals surface area contributed by atoms with Gasteiger partial charge in [-0.3, -0.25) is 9.13 Å². The molecule has 1 aromatic heterocycles. The summed E-state index contributed by atoms with van der Waals surface area (Å²) in [5.41, 5.74) is 1.14. The zero-order chi connectivity index (χ0) is 14.0. The average molecular weight is 281 g/mol. The summed E-state index contributed by atoms with van der Waals surface area (Å²) in [4.78, 5) is 12.3. The number of unbranched alkanes of at least 4 members (excludes halogenated alkanes) is 1. The molecular formula is C14H17ClN2O2. The van der Waals surface area contributed by atoms with Crippen molar-refractivity contribution >= 4 is 11.6 Å². The number of phenolic OH excluding ortho intramolecular Hbond substituents is 1. The summed E-state index contributed by atoms with van der Waals surface area (Å²) in [5.74, 6) is 0.0409. The molecule has 2 rings (SSSR count). The molecule has 1 N–H and O–H groups in total. The third-order valence-corrected chi connectivity index (χ3v) is 3.35. The maximum atomic E-state index is 12.3. The van der Waals surface area contributed by atoms with Crippen molar-refractivity contribution in [2.45, 2.75) is 33.2 Å². The Bertz CT molecular complexity index is 643. The van der Waals surface area contributed by atoms with E-state index >= 15 is 0 Å². The Morgan fingerprint density at radius 2 is 2.11 bits per heavy atom. The number of rotatable bonds is 4. The fourth-order valence-corrected chi connectivity index (χ4v) is 2.21. The van der Waals surface area contributed by atoms with Gasteiger partial charge in [-0.1, -0.05) is 24.9 Å². The van der Waals surface area contributed by atoms with Gasteiger partial charge in [0.2, 0.25) is 0 Å². The number of hydrogen-bond donors (Lipinski definition) is 1. The maximum Gasteiger partial charge on any atom is 0.333 e.